The molecule has 2 atom stereocenters. The maximum absolute atomic E-state index is 13.5. The summed E-state index contributed by atoms with van der Waals surface area (Å²) >= 11 is 0. The van der Waals surface area contributed by atoms with Crippen LogP contribution in [0, 0.1) is 0 Å². The maximum atomic E-state index is 13.5. The summed E-state index contributed by atoms with van der Waals surface area (Å²) in [6.07, 6.45) is 0. The van der Waals surface area contributed by atoms with Gasteiger partial charge in [0.05, 0.1) is 19.8 Å². The van der Waals surface area contributed by atoms with Crippen LogP contribution in [0.3, 0.4) is 0 Å². The van der Waals surface area contributed by atoms with Crippen molar-refractivity contribution in [3.63, 3.8) is 0 Å². The minimum absolute atomic E-state index is 0.143. The Hall–Kier alpha value is -0.770. The van der Waals surface area contributed by atoms with Crippen LogP contribution < -0.4 is 5.30 Å². The minimum atomic E-state index is -3.76. The Balaban J connectivity index is 3.40. The van der Waals surface area contributed by atoms with Gasteiger partial charge in [0.25, 0.3) is 7.37 Å². The highest BCUT2D eigenvalue weighted by atomic mass is 31.2. The Morgan fingerprint density at radius 3 is 1.91 bits per heavy atom. The molecule has 0 radical (unpaired) electrons. The van der Waals surface area contributed by atoms with Crippen LogP contribution in [-0.4, -0.2) is 32.1 Å². The number of nitrogens with zero attached hydrogens (tertiary/aromatic N) is 1. The monoisotopic (exact) mass is 347 g/mol. The van der Waals surface area contributed by atoms with E-state index in [9.17, 15) is 9.13 Å². The van der Waals surface area contributed by atoms with Gasteiger partial charge < -0.3 is 13.6 Å². The quantitative estimate of drug-likeness (QED) is 0.474. The molecule has 0 fully saturated rings. The van der Waals surface area contributed by atoms with E-state index in [0.29, 0.717) is 5.30 Å². The lowest BCUT2D eigenvalue weighted by Gasteiger charge is -2.29. The number of aliphatic imine (C=N–C) groups is 1. The zero-order chi connectivity index (χ0) is 16.6. The third-order valence-electron chi connectivity index (χ3n) is 2.81. The van der Waals surface area contributed by atoms with Crippen LogP contribution in [0.5, 0.6) is 0 Å². The van der Waals surface area contributed by atoms with Gasteiger partial charge in [-0.05, 0) is 39.6 Å². The second-order valence-electron chi connectivity index (χ2n) is 4.25. The summed E-state index contributed by atoms with van der Waals surface area (Å²) in [5.74, 6) is 0. The fourth-order valence-corrected chi connectivity index (χ4v) is 7.51. The molecule has 8 heteroatoms. The lowest BCUT2D eigenvalue weighted by Crippen LogP contribution is -2.20. The molecule has 0 spiro atoms. The fourth-order valence-electron chi connectivity index (χ4n) is 2.03. The van der Waals surface area contributed by atoms with Gasteiger partial charge in [-0.15, -0.1) is 0 Å². The molecule has 6 nitrogen and oxygen atoms in total. The molecule has 0 N–H and O–H groups in total. The molecule has 0 saturated carbocycles. The van der Waals surface area contributed by atoms with Gasteiger partial charge in [0, 0.05) is 5.30 Å². The molecule has 1 rings (SSSR count). The topological polar surface area (TPSA) is 74.2 Å². The summed E-state index contributed by atoms with van der Waals surface area (Å²) in [5, 5.41) is 0.411. The first-order valence-corrected chi connectivity index (χ1v) is 10.4. The SMILES string of the molecule is C=NC(P(=O)(OCC)OCC)P(=O)(OCC)c1ccccc1. The van der Waals surface area contributed by atoms with Crippen LogP contribution in [0.2, 0.25) is 0 Å². The number of benzene rings is 1. The first-order chi connectivity index (χ1) is 10.5. The van der Waals surface area contributed by atoms with Crippen molar-refractivity contribution in [1.82, 2.24) is 0 Å². The summed E-state index contributed by atoms with van der Waals surface area (Å²) in [6.45, 7) is 8.97. The molecular weight excluding hydrogens is 324 g/mol. The van der Waals surface area contributed by atoms with Crippen LogP contribution in [0.25, 0.3) is 0 Å². The Bertz CT molecular complexity index is 554. The summed E-state index contributed by atoms with van der Waals surface area (Å²) in [4.78, 5) is 3.81. The van der Waals surface area contributed by atoms with Gasteiger partial charge >= 0.3 is 7.60 Å². The number of hydrogen-bond acceptors (Lipinski definition) is 6. The van der Waals surface area contributed by atoms with E-state index in [1.807, 2.05) is 0 Å². The second kappa shape index (κ2) is 8.76. The van der Waals surface area contributed by atoms with Gasteiger partial charge in [-0.2, -0.15) is 0 Å². The summed E-state index contributed by atoms with van der Waals surface area (Å²) in [5.41, 5.74) is -1.29. The van der Waals surface area contributed by atoms with E-state index >= 15 is 0 Å². The zero-order valence-electron chi connectivity index (χ0n) is 13.2. The number of rotatable bonds is 10. The molecule has 0 bridgehead atoms. The van der Waals surface area contributed by atoms with Gasteiger partial charge in [0.2, 0.25) is 5.52 Å². The third-order valence-corrected chi connectivity index (χ3v) is 8.96. The highest BCUT2D eigenvalue weighted by Gasteiger charge is 2.50. The molecule has 0 amide bonds. The van der Waals surface area contributed by atoms with Crippen molar-refractivity contribution in [3.8, 4) is 0 Å². The minimum Gasteiger partial charge on any atom is -0.324 e. The van der Waals surface area contributed by atoms with Crippen molar-refractivity contribution >= 4 is 27.0 Å². The maximum Gasteiger partial charge on any atom is 0.365 e. The first-order valence-electron chi connectivity index (χ1n) is 7.13. The average molecular weight is 347 g/mol. The van der Waals surface area contributed by atoms with E-state index < -0.39 is 20.5 Å². The molecule has 2 unspecified atom stereocenters. The van der Waals surface area contributed by atoms with Crippen molar-refractivity contribution in [1.29, 1.82) is 0 Å². The summed E-state index contributed by atoms with van der Waals surface area (Å²) < 4.78 is 42.5. The Kier molecular flexibility index (Phi) is 7.67. The van der Waals surface area contributed by atoms with Crippen LogP contribution >= 0.6 is 15.0 Å². The molecule has 0 aliphatic carbocycles. The lowest BCUT2D eigenvalue weighted by molar-refractivity contribution is 0.216. The molecule has 1 aromatic rings. The van der Waals surface area contributed by atoms with Crippen LogP contribution in [-0.2, 0) is 22.7 Å². The standard InChI is InChI=1S/C14H23NO5P2/c1-5-18-21(16,13-11-9-8-10-12-13)14(15-4)22(17,19-6-2)20-7-3/h8-12,14H,4-7H2,1-3H3. The van der Waals surface area contributed by atoms with Crippen LogP contribution in [0.1, 0.15) is 20.8 Å². The van der Waals surface area contributed by atoms with Gasteiger partial charge in [0.15, 0.2) is 0 Å². The van der Waals surface area contributed by atoms with E-state index in [2.05, 4.69) is 11.7 Å². The molecule has 0 aromatic heterocycles. The fraction of sp³-hybridized carbons (Fsp3) is 0.500. The molecule has 1 aromatic carbocycles. The van der Waals surface area contributed by atoms with Crippen molar-refractivity contribution < 1.29 is 22.7 Å². The number of hydrogen-bond donors (Lipinski definition) is 0. The highest BCUT2D eigenvalue weighted by molar-refractivity contribution is 7.79. The van der Waals surface area contributed by atoms with Crippen LogP contribution in [0.4, 0.5) is 0 Å². The van der Waals surface area contributed by atoms with E-state index in [-0.39, 0.29) is 19.8 Å². The first kappa shape index (κ1) is 19.3. The van der Waals surface area contributed by atoms with E-state index in [1.54, 1.807) is 51.1 Å². The predicted octanol–water partition coefficient (Wildman–Crippen LogP) is 3.88. The Morgan fingerprint density at radius 2 is 1.50 bits per heavy atom. The predicted molar refractivity (Wildman–Crippen MR) is 89.5 cm³/mol. The van der Waals surface area contributed by atoms with E-state index in [1.165, 1.54) is 0 Å². The molecule has 124 valence electrons. The van der Waals surface area contributed by atoms with E-state index in [0.717, 1.165) is 0 Å². The Labute approximate surface area is 131 Å². The molecule has 0 saturated heterocycles. The van der Waals surface area contributed by atoms with Gasteiger partial charge in [-0.3, -0.25) is 14.1 Å². The summed E-state index contributed by atoms with van der Waals surface area (Å²) in [6, 6.07) is 8.55. The molecule has 0 heterocycles. The second-order valence-corrected chi connectivity index (χ2v) is 9.21. The highest BCUT2D eigenvalue weighted by Crippen LogP contribution is 2.69. The average Bonchev–Trinajstić information content (AvgIpc) is 2.49. The lowest BCUT2D eigenvalue weighted by atomic mass is 10.4. The summed E-state index contributed by atoms with van der Waals surface area (Å²) in [7, 11) is -7.37. The normalized spacial score (nSPS) is 16.0. The van der Waals surface area contributed by atoms with Crippen molar-refractivity contribution in [2.75, 3.05) is 19.8 Å². The van der Waals surface area contributed by atoms with Crippen molar-refractivity contribution in [3.05, 3.63) is 30.3 Å². The molecular formula is C14H23NO5P2. The van der Waals surface area contributed by atoms with Gasteiger partial charge in [-0.1, -0.05) is 18.2 Å². The largest absolute Gasteiger partial charge is 0.365 e. The molecule has 0 aliphatic heterocycles. The smallest absolute Gasteiger partial charge is 0.324 e. The van der Waals surface area contributed by atoms with Crippen molar-refractivity contribution in [2.45, 2.75) is 26.3 Å². The van der Waals surface area contributed by atoms with Crippen molar-refractivity contribution in [2.24, 2.45) is 4.99 Å². The van der Waals surface area contributed by atoms with E-state index in [4.69, 9.17) is 13.6 Å². The zero-order valence-corrected chi connectivity index (χ0v) is 15.0. The van der Waals surface area contributed by atoms with Crippen LogP contribution in [0.15, 0.2) is 35.3 Å². The van der Waals surface area contributed by atoms with Gasteiger partial charge in [-0.25, -0.2) is 0 Å². The Morgan fingerprint density at radius 1 is 1.00 bits per heavy atom. The third kappa shape index (κ3) is 4.15. The molecule has 0 aliphatic rings. The molecule has 22 heavy (non-hydrogen) atoms. The van der Waals surface area contributed by atoms with Gasteiger partial charge in [0.1, 0.15) is 0 Å².